The fourth-order valence-corrected chi connectivity index (χ4v) is 1.70. The molecule has 7 nitrogen and oxygen atoms in total. The van der Waals surface area contributed by atoms with Crippen LogP contribution in [0.15, 0.2) is 28.0 Å². The largest absolute Gasteiger partial charge is 0.364 e. The van der Waals surface area contributed by atoms with Gasteiger partial charge in [0.1, 0.15) is 5.82 Å². The average Bonchev–Trinajstić information content (AvgIpc) is 2.75. The van der Waals surface area contributed by atoms with Crippen LogP contribution in [0.4, 0.5) is 5.82 Å². The van der Waals surface area contributed by atoms with Gasteiger partial charge >= 0.3 is 5.69 Å². The van der Waals surface area contributed by atoms with Gasteiger partial charge in [-0.25, -0.2) is 4.79 Å². The number of hydrogen-bond acceptors (Lipinski definition) is 4. The second kappa shape index (κ2) is 4.52. The highest BCUT2D eigenvalue weighted by Gasteiger charge is 2.06. The van der Waals surface area contributed by atoms with Crippen molar-refractivity contribution in [2.45, 2.75) is 6.54 Å². The number of aromatic nitrogens is 4. The topological polar surface area (TPSA) is 73.8 Å². The Morgan fingerprint density at radius 1 is 1.28 bits per heavy atom. The van der Waals surface area contributed by atoms with Gasteiger partial charge in [-0.15, -0.1) is 0 Å². The van der Waals surface area contributed by atoms with E-state index in [0.29, 0.717) is 17.9 Å². The van der Waals surface area contributed by atoms with Gasteiger partial charge in [0.2, 0.25) is 0 Å². The minimum Gasteiger partial charge on any atom is -0.364 e. The van der Waals surface area contributed by atoms with Crippen LogP contribution in [0.3, 0.4) is 0 Å². The fourth-order valence-electron chi connectivity index (χ4n) is 1.70. The van der Waals surface area contributed by atoms with E-state index in [-0.39, 0.29) is 11.2 Å². The average molecular weight is 249 g/mol. The number of nitrogens with zero attached hydrogens (tertiary/aromatic N) is 4. The zero-order valence-corrected chi connectivity index (χ0v) is 10.5. The number of hydrogen-bond donors (Lipinski definition) is 1. The number of anilines is 1. The molecule has 0 aromatic carbocycles. The summed E-state index contributed by atoms with van der Waals surface area (Å²) in [5.41, 5.74) is -0.103. The summed E-state index contributed by atoms with van der Waals surface area (Å²) >= 11 is 0. The molecule has 2 heterocycles. The molecule has 0 amide bonds. The smallest absolute Gasteiger partial charge is 0.330 e. The van der Waals surface area contributed by atoms with Crippen molar-refractivity contribution in [3.63, 3.8) is 0 Å². The van der Waals surface area contributed by atoms with Crippen molar-refractivity contribution in [1.82, 2.24) is 18.9 Å². The Balaban J connectivity index is 2.25. The summed E-state index contributed by atoms with van der Waals surface area (Å²) in [7, 11) is 4.90. The lowest BCUT2D eigenvalue weighted by atomic mass is 10.3. The maximum absolute atomic E-state index is 11.9. The summed E-state index contributed by atoms with van der Waals surface area (Å²) in [4.78, 5) is 23.4. The molecule has 0 bridgehead atoms. The Labute approximate surface area is 103 Å². The number of aryl methyl sites for hydroxylation is 2. The van der Waals surface area contributed by atoms with E-state index in [1.165, 1.54) is 11.6 Å². The third-order valence-corrected chi connectivity index (χ3v) is 2.69. The van der Waals surface area contributed by atoms with Gasteiger partial charge in [0.15, 0.2) is 0 Å². The van der Waals surface area contributed by atoms with Crippen molar-refractivity contribution in [2.24, 2.45) is 21.1 Å². The number of nitrogens with one attached hydrogen (secondary N) is 1. The summed E-state index contributed by atoms with van der Waals surface area (Å²) in [5.74, 6) is 0.688. The molecule has 0 saturated carbocycles. The molecule has 2 rings (SSSR count). The second-order valence-corrected chi connectivity index (χ2v) is 4.14. The van der Waals surface area contributed by atoms with Crippen LogP contribution in [0.25, 0.3) is 0 Å². The van der Waals surface area contributed by atoms with E-state index in [0.717, 1.165) is 4.57 Å². The van der Waals surface area contributed by atoms with Crippen molar-refractivity contribution >= 4 is 5.82 Å². The van der Waals surface area contributed by atoms with Gasteiger partial charge in [-0.1, -0.05) is 0 Å². The van der Waals surface area contributed by atoms with Gasteiger partial charge in [-0.2, -0.15) is 5.10 Å². The van der Waals surface area contributed by atoms with Crippen LogP contribution in [-0.2, 0) is 27.7 Å². The normalized spacial score (nSPS) is 10.6. The molecule has 2 aromatic rings. The van der Waals surface area contributed by atoms with E-state index in [4.69, 9.17) is 0 Å². The van der Waals surface area contributed by atoms with Crippen LogP contribution >= 0.6 is 0 Å². The molecule has 0 aliphatic rings. The SMILES string of the molecule is Cn1ccc(NCc2cn(C)c(=O)n(C)c2=O)n1. The molecular weight excluding hydrogens is 234 g/mol. The standard InChI is InChI=1S/C11H15N5O2/c1-14-7-8(10(17)16(3)11(14)18)6-12-9-4-5-15(2)13-9/h4-5,7H,6H2,1-3H3,(H,12,13). The zero-order chi connectivity index (χ0) is 13.3. The summed E-state index contributed by atoms with van der Waals surface area (Å²) in [5, 5.41) is 7.18. The molecule has 2 aromatic heterocycles. The maximum Gasteiger partial charge on any atom is 0.330 e. The van der Waals surface area contributed by atoms with Crippen LogP contribution < -0.4 is 16.6 Å². The first kappa shape index (κ1) is 12.2. The maximum atomic E-state index is 11.9. The predicted molar refractivity (Wildman–Crippen MR) is 67.5 cm³/mol. The van der Waals surface area contributed by atoms with E-state index in [1.54, 1.807) is 24.1 Å². The van der Waals surface area contributed by atoms with Crippen LogP contribution in [-0.4, -0.2) is 18.9 Å². The first-order chi connectivity index (χ1) is 8.49. The first-order valence-electron chi connectivity index (χ1n) is 5.48. The van der Waals surface area contributed by atoms with Crippen LogP contribution in [0, 0.1) is 0 Å². The second-order valence-electron chi connectivity index (χ2n) is 4.14. The molecule has 1 N–H and O–H groups in total. The summed E-state index contributed by atoms with van der Waals surface area (Å²) in [6.45, 7) is 0.331. The lowest BCUT2D eigenvalue weighted by molar-refractivity contribution is 0.670. The Bertz CT molecular complexity index is 679. The molecule has 0 fully saturated rings. The van der Waals surface area contributed by atoms with Crippen molar-refractivity contribution < 1.29 is 0 Å². The monoisotopic (exact) mass is 249 g/mol. The van der Waals surface area contributed by atoms with Gasteiger partial charge in [-0.3, -0.25) is 14.0 Å². The van der Waals surface area contributed by atoms with Gasteiger partial charge in [0, 0.05) is 46.1 Å². The van der Waals surface area contributed by atoms with E-state index in [2.05, 4.69) is 10.4 Å². The summed E-state index contributed by atoms with van der Waals surface area (Å²) in [6.07, 6.45) is 3.35. The Kier molecular flexibility index (Phi) is 3.05. The Hall–Kier alpha value is -2.31. The highest BCUT2D eigenvalue weighted by Crippen LogP contribution is 2.02. The third kappa shape index (κ3) is 2.20. The molecule has 0 atom stereocenters. The van der Waals surface area contributed by atoms with E-state index < -0.39 is 0 Å². The molecule has 0 saturated heterocycles. The molecule has 18 heavy (non-hydrogen) atoms. The van der Waals surface area contributed by atoms with E-state index in [1.807, 2.05) is 13.1 Å². The van der Waals surface area contributed by atoms with Gasteiger partial charge in [0.25, 0.3) is 5.56 Å². The zero-order valence-electron chi connectivity index (χ0n) is 10.5. The fraction of sp³-hybridized carbons (Fsp3) is 0.364. The summed E-state index contributed by atoms with van der Waals surface area (Å²) < 4.78 is 4.15. The van der Waals surface area contributed by atoms with Crippen molar-refractivity contribution in [3.8, 4) is 0 Å². The predicted octanol–water partition coefficient (Wildman–Crippen LogP) is -0.570. The minimum atomic E-state index is -0.332. The van der Waals surface area contributed by atoms with E-state index in [9.17, 15) is 9.59 Å². The van der Waals surface area contributed by atoms with Crippen molar-refractivity contribution in [3.05, 3.63) is 44.9 Å². The van der Waals surface area contributed by atoms with Gasteiger partial charge in [0.05, 0.1) is 5.56 Å². The van der Waals surface area contributed by atoms with Crippen molar-refractivity contribution in [1.29, 1.82) is 0 Å². The van der Waals surface area contributed by atoms with Gasteiger partial charge < -0.3 is 9.88 Å². The van der Waals surface area contributed by atoms with Crippen LogP contribution in [0.5, 0.6) is 0 Å². The third-order valence-electron chi connectivity index (χ3n) is 2.69. The molecule has 0 aliphatic carbocycles. The van der Waals surface area contributed by atoms with E-state index >= 15 is 0 Å². The highest BCUT2D eigenvalue weighted by molar-refractivity contribution is 5.33. The highest BCUT2D eigenvalue weighted by atomic mass is 16.2. The molecular formula is C11H15N5O2. The molecule has 96 valence electrons. The van der Waals surface area contributed by atoms with Crippen LogP contribution in [0.1, 0.15) is 5.56 Å². The molecule has 0 aliphatic heterocycles. The molecule has 0 spiro atoms. The van der Waals surface area contributed by atoms with Gasteiger partial charge in [-0.05, 0) is 0 Å². The first-order valence-corrected chi connectivity index (χ1v) is 5.48. The molecule has 0 radical (unpaired) electrons. The molecule has 7 heteroatoms. The minimum absolute atomic E-state index is 0.290. The van der Waals surface area contributed by atoms with Crippen molar-refractivity contribution in [2.75, 3.05) is 5.32 Å². The lowest BCUT2D eigenvalue weighted by Crippen LogP contribution is -2.38. The van der Waals surface area contributed by atoms with Crippen LogP contribution in [0.2, 0.25) is 0 Å². The molecule has 0 unspecified atom stereocenters. The quantitative estimate of drug-likeness (QED) is 0.790. The Morgan fingerprint density at radius 3 is 2.61 bits per heavy atom. The lowest BCUT2D eigenvalue weighted by Gasteiger charge is -2.07. The number of rotatable bonds is 3. The Morgan fingerprint density at radius 2 is 2.00 bits per heavy atom. The summed E-state index contributed by atoms with van der Waals surface area (Å²) in [6, 6.07) is 1.81.